The Morgan fingerprint density at radius 3 is 2.80 bits per heavy atom. The number of rotatable bonds is 3. The Morgan fingerprint density at radius 2 is 2.27 bits per heavy atom. The van der Waals surface area contributed by atoms with Gasteiger partial charge in [0, 0.05) is 18.2 Å². The average Bonchev–Trinajstić information content (AvgIpc) is 2.16. The monoisotopic (exact) mass is 212 g/mol. The van der Waals surface area contributed by atoms with E-state index in [1.54, 1.807) is 6.92 Å². The lowest BCUT2D eigenvalue weighted by Gasteiger charge is -2.10. The minimum atomic E-state index is -0.559. The van der Waals surface area contributed by atoms with Gasteiger partial charge in [0.05, 0.1) is 12.2 Å². The van der Waals surface area contributed by atoms with Gasteiger partial charge in [0.2, 0.25) is 0 Å². The first-order chi connectivity index (χ1) is 7.02. The second-order valence-corrected chi connectivity index (χ2v) is 3.18. The lowest BCUT2D eigenvalue weighted by atomic mass is 10.2. The molecule has 0 aliphatic heterocycles. The fraction of sp³-hybridized carbons (Fsp3) is 0.333. The lowest BCUT2D eigenvalue weighted by Crippen LogP contribution is -2.35. The molecule has 1 rings (SSSR count). The van der Waals surface area contributed by atoms with E-state index in [1.807, 2.05) is 0 Å². The summed E-state index contributed by atoms with van der Waals surface area (Å²) in [6.07, 6.45) is 0. The van der Waals surface area contributed by atoms with Gasteiger partial charge in [0.1, 0.15) is 0 Å². The van der Waals surface area contributed by atoms with E-state index in [0.717, 1.165) is 12.1 Å². The maximum Gasteiger partial charge on any atom is 0.251 e. The molecular weight excluding hydrogens is 200 g/mol. The first-order valence-electron chi connectivity index (χ1n) is 4.38. The zero-order valence-corrected chi connectivity index (χ0v) is 8.15. The maximum absolute atomic E-state index is 11.4. The van der Waals surface area contributed by atoms with Gasteiger partial charge in [-0.1, -0.05) is 0 Å². The molecule has 0 saturated heterocycles. The van der Waals surface area contributed by atoms with Crippen LogP contribution in [0.4, 0.5) is 0 Å². The zero-order chi connectivity index (χ0) is 11.4. The lowest BCUT2D eigenvalue weighted by molar-refractivity contribution is 0.0921. The first-order valence-corrected chi connectivity index (χ1v) is 4.38. The largest absolute Gasteiger partial charge is 0.494 e. The third-order valence-corrected chi connectivity index (χ3v) is 1.74. The molecule has 0 spiro atoms. The van der Waals surface area contributed by atoms with E-state index >= 15 is 0 Å². The third kappa shape index (κ3) is 3.10. The van der Waals surface area contributed by atoms with Gasteiger partial charge >= 0.3 is 0 Å². The van der Waals surface area contributed by atoms with Crippen LogP contribution in [0.3, 0.4) is 0 Å². The Morgan fingerprint density at radius 1 is 1.60 bits per heavy atom. The van der Waals surface area contributed by atoms with Gasteiger partial charge < -0.3 is 15.5 Å². The summed E-state index contributed by atoms with van der Waals surface area (Å²) in [5, 5.41) is 20.2. The number of aromatic amines is 1. The molecule has 0 bridgehead atoms. The van der Waals surface area contributed by atoms with Crippen LogP contribution in [0.15, 0.2) is 16.9 Å². The molecule has 1 atom stereocenters. The molecule has 1 heterocycles. The molecule has 1 aromatic rings. The van der Waals surface area contributed by atoms with Crippen LogP contribution < -0.4 is 10.9 Å². The van der Waals surface area contributed by atoms with E-state index in [2.05, 4.69) is 10.3 Å². The highest BCUT2D eigenvalue weighted by Crippen LogP contribution is 2.04. The fourth-order valence-corrected chi connectivity index (χ4v) is 1.01. The topological polar surface area (TPSA) is 102 Å². The van der Waals surface area contributed by atoms with E-state index in [4.69, 9.17) is 10.2 Å². The van der Waals surface area contributed by atoms with Gasteiger partial charge in [0.15, 0.2) is 5.88 Å². The van der Waals surface area contributed by atoms with Crippen LogP contribution >= 0.6 is 0 Å². The van der Waals surface area contributed by atoms with Crippen LogP contribution in [0.25, 0.3) is 0 Å². The molecule has 0 saturated carbocycles. The number of aliphatic hydroxyl groups excluding tert-OH is 1. The van der Waals surface area contributed by atoms with Crippen molar-refractivity contribution in [3.05, 3.63) is 28.0 Å². The van der Waals surface area contributed by atoms with Crippen molar-refractivity contribution < 1.29 is 15.0 Å². The highest BCUT2D eigenvalue weighted by molar-refractivity contribution is 5.94. The molecule has 6 heteroatoms. The van der Waals surface area contributed by atoms with Crippen molar-refractivity contribution in [3.63, 3.8) is 0 Å². The van der Waals surface area contributed by atoms with Crippen LogP contribution in [-0.4, -0.2) is 33.8 Å². The second kappa shape index (κ2) is 4.61. The number of aromatic hydroxyl groups is 1. The highest BCUT2D eigenvalue weighted by atomic mass is 16.3. The average molecular weight is 212 g/mol. The molecule has 0 aliphatic rings. The molecule has 6 nitrogen and oxygen atoms in total. The highest BCUT2D eigenvalue weighted by Gasteiger charge is 2.10. The quantitative estimate of drug-likeness (QED) is 0.526. The van der Waals surface area contributed by atoms with E-state index in [-0.39, 0.29) is 18.1 Å². The molecule has 1 amide bonds. The van der Waals surface area contributed by atoms with Crippen LogP contribution in [-0.2, 0) is 0 Å². The van der Waals surface area contributed by atoms with E-state index in [1.165, 1.54) is 0 Å². The number of aliphatic hydroxyl groups is 1. The first kappa shape index (κ1) is 11.3. The molecule has 0 aromatic carbocycles. The summed E-state index contributed by atoms with van der Waals surface area (Å²) < 4.78 is 0. The predicted octanol–water partition coefficient (Wildman–Crippen LogP) is -0.809. The molecule has 15 heavy (non-hydrogen) atoms. The van der Waals surface area contributed by atoms with E-state index in [9.17, 15) is 9.59 Å². The van der Waals surface area contributed by atoms with Crippen molar-refractivity contribution in [2.45, 2.75) is 13.0 Å². The smallest absolute Gasteiger partial charge is 0.251 e. The van der Waals surface area contributed by atoms with E-state index in [0.29, 0.717) is 0 Å². The Hall–Kier alpha value is -1.82. The van der Waals surface area contributed by atoms with Gasteiger partial charge in [-0.15, -0.1) is 0 Å². The molecule has 1 aromatic heterocycles. The minimum absolute atomic E-state index is 0.0524. The Bertz CT molecular complexity index is 413. The van der Waals surface area contributed by atoms with E-state index < -0.39 is 17.5 Å². The summed E-state index contributed by atoms with van der Waals surface area (Å²) in [6, 6.07) is 1.80. The molecule has 0 aliphatic carbocycles. The van der Waals surface area contributed by atoms with Gasteiger partial charge in [-0.3, -0.25) is 14.6 Å². The van der Waals surface area contributed by atoms with Crippen molar-refractivity contribution in [1.29, 1.82) is 0 Å². The molecule has 0 fully saturated rings. The molecule has 82 valence electrons. The third-order valence-electron chi connectivity index (χ3n) is 1.74. The summed E-state index contributed by atoms with van der Waals surface area (Å²) in [7, 11) is 0. The number of pyridine rings is 1. The van der Waals surface area contributed by atoms with Crippen molar-refractivity contribution in [1.82, 2.24) is 10.3 Å². The summed E-state index contributed by atoms with van der Waals surface area (Å²) in [6.45, 7) is 1.42. The van der Waals surface area contributed by atoms with Gasteiger partial charge in [-0.25, -0.2) is 0 Å². The second-order valence-electron chi connectivity index (χ2n) is 3.18. The number of hydrogen-bond acceptors (Lipinski definition) is 4. The maximum atomic E-state index is 11.4. The van der Waals surface area contributed by atoms with Crippen molar-refractivity contribution in [2.75, 3.05) is 6.61 Å². The number of H-pyrrole nitrogens is 1. The molecule has 0 unspecified atom stereocenters. The molecular formula is C9H12N2O4. The van der Waals surface area contributed by atoms with Crippen molar-refractivity contribution in [3.8, 4) is 5.88 Å². The minimum Gasteiger partial charge on any atom is -0.494 e. The zero-order valence-electron chi connectivity index (χ0n) is 8.15. The number of nitrogens with one attached hydrogen (secondary N) is 2. The van der Waals surface area contributed by atoms with Crippen LogP contribution in [0.5, 0.6) is 5.88 Å². The number of carbonyl (C=O) groups excluding carboxylic acids is 1. The predicted molar refractivity (Wildman–Crippen MR) is 52.7 cm³/mol. The van der Waals surface area contributed by atoms with Crippen LogP contribution in [0, 0.1) is 0 Å². The number of amides is 1. The Balaban J connectivity index is 2.87. The van der Waals surface area contributed by atoms with Crippen molar-refractivity contribution >= 4 is 5.91 Å². The van der Waals surface area contributed by atoms with Crippen molar-refractivity contribution in [2.24, 2.45) is 0 Å². The number of carbonyl (C=O) groups is 1. The number of aromatic nitrogens is 1. The Kier molecular flexibility index (Phi) is 3.46. The summed E-state index contributed by atoms with van der Waals surface area (Å²) in [5.41, 5.74) is -0.506. The van der Waals surface area contributed by atoms with Crippen LogP contribution in [0.1, 0.15) is 17.3 Å². The fourth-order valence-electron chi connectivity index (χ4n) is 1.01. The van der Waals surface area contributed by atoms with Gasteiger partial charge in [-0.2, -0.15) is 0 Å². The molecule has 0 radical (unpaired) electrons. The Labute approximate surface area is 85.6 Å². The SMILES string of the molecule is C[C@@H](CO)NC(=O)c1cc(O)[nH]c(=O)c1. The van der Waals surface area contributed by atoms with Gasteiger partial charge in [-0.05, 0) is 6.92 Å². The summed E-state index contributed by atoms with van der Waals surface area (Å²) in [4.78, 5) is 24.5. The standard InChI is InChI=1S/C9H12N2O4/c1-5(4-12)10-9(15)6-2-7(13)11-8(14)3-6/h2-3,5,12H,4H2,1H3,(H,10,15)(H2,11,13,14)/t5-/m0/s1. The number of hydrogen-bond donors (Lipinski definition) is 4. The summed E-state index contributed by atoms with van der Waals surface area (Å²) >= 11 is 0. The molecule has 4 N–H and O–H groups in total. The van der Waals surface area contributed by atoms with Gasteiger partial charge in [0.25, 0.3) is 11.5 Å². The van der Waals surface area contributed by atoms with Crippen LogP contribution in [0.2, 0.25) is 0 Å². The normalized spacial score (nSPS) is 12.1. The summed E-state index contributed by atoms with van der Waals surface area (Å²) in [5.74, 6) is -0.887.